The standard InChI is InChI=1S/C14H16Cl2FNO/c15-10-6-8(19)5-9(11(10)16)12(18)13-1-3-14(17,7-13)4-2-13/h5-6,12,19H,1-4,7,18H2. The summed E-state index contributed by atoms with van der Waals surface area (Å²) in [5, 5.41) is 10.3. The summed E-state index contributed by atoms with van der Waals surface area (Å²) in [6.07, 6.45) is 3.18. The molecule has 3 rings (SSSR count). The number of benzene rings is 1. The molecule has 0 aromatic heterocycles. The first kappa shape index (κ1) is 13.5. The minimum atomic E-state index is -1.05. The highest BCUT2D eigenvalue weighted by molar-refractivity contribution is 6.42. The zero-order valence-corrected chi connectivity index (χ0v) is 11.9. The summed E-state index contributed by atoms with van der Waals surface area (Å²) in [5.74, 6) is 0.0405. The third-order valence-corrected chi connectivity index (χ3v) is 5.66. The van der Waals surface area contributed by atoms with Crippen LogP contribution in [0.1, 0.15) is 43.7 Å². The number of phenols is 1. The number of hydrogen-bond donors (Lipinski definition) is 2. The number of rotatable bonds is 2. The predicted octanol–water partition coefficient (Wildman–Crippen LogP) is 4.37. The summed E-state index contributed by atoms with van der Waals surface area (Å²) >= 11 is 12.2. The van der Waals surface area contributed by atoms with Crippen molar-refractivity contribution in [3.05, 3.63) is 27.7 Å². The van der Waals surface area contributed by atoms with E-state index in [1.165, 1.54) is 6.07 Å². The Hall–Kier alpha value is -0.510. The second-order valence-electron chi connectivity index (χ2n) is 6.00. The van der Waals surface area contributed by atoms with Gasteiger partial charge in [-0.2, -0.15) is 0 Å². The fourth-order valence-corrected chi connectivity index (χ4v) is 4.20. The Kier molecular flexibility index (Phi) is 3.01. The third-order valence-electron chi connectivity index (χ3n) is 4.85. The molecule has 2 bridgehead atoms. The maximum Gasteiger partial charge on any atom is 0.117 e. The number of hydrogen-bond acceptors (Lipinski definition) is 2. The van der Waals surface area contributed by atoms with E-state index in [9.17, 15) is 9.50 Å². The van der Waals surface area contributed by atoms with Crippen molar-refractivity contribution < 1.29 is 9.50 Å². The second-order valence-corrected chi connectivity index (χ2v) is 6.78. The molecule has 1 aromatic carbocycles. The molecule has 19 heavy (non-hydrogen) atoms. The van der Waals surface area contributed by atoms with E-state index in [0.29, 0.717) is 29.8 Å². The average molecular weight is 304 g/mol. The Morgan fingerprint density at radius 2 is 1.84 bits per heavy atom. The van der Waals surface area contributed by atoms with Crippen LogP contribution < -0.4 is 5.73 Å². The highest BCUT2D eigenvalue weighted by atomic mass is 35.5. The fourth-order valence-electron chi connectivity index (χ4n) is 3.75. The van der Waals surface area contributed by atoms with Gasteiger partial charge >= 0.3 is 0 Å². The molecule has 2 fully saturated rings. The van der Waals surface area contributed by atoms with Gasteiger partial charge in [0.1, 0.15) is 11.4 Å². The predicted molar refractivity (Wildman–Crippen MR) is 74.4 cm³/mol. The van der Waals surface area contributed by atoms with Gasteiger partial charge in [0.25, 0.3) is 0 Å². The van der Waals surface area contributed by atoms with Gasteiger partial charge in [0.2, 0.25) is 0 Å². The van der Waals surface area contributed by atoms with Gasteiger partial charge < -0.3 is 10.8 Å². The van der Waals surface area contributed by atoms with Gasteiger partial charge in [-0.25, -0.2) is 4.39 Å². The average Bonchev–Trinajstić information content (AvgIpc) is 2.87. The minimum Gasteiger partial charge on any atom is -0.508 e. The monoisotopic (exact) mass is 303 g/mol. The van der Waals surface area contributed by atoms with E-state index < -0.39 is 5.67 Å². The lowest BCUT2D eigenvalue weighted by atomic mass is 9.75. The van der Waals surface area contributed by atoms with E-state index in [4.69, 9.17) is 28.9 Å². The van der Waals surface area contributed by atoms with Crippen LogP contribution in [0.25, 0.3) is 0 Å². The molecule has 0 heterocycles. The maximum absolute atomic E-state index is 14.3. The Balaban J connectivity index is 1.99. The number of alkyl halides is 1. The molecule has 1 atom stereocenters. The molecule has 3 N–H and O–H groups in total. The van der Waals surface area contributed by atoms with Crippen molar-refractivity contribution in [2.45, 2.75) is 43.8 Å². The van der Waals surface area contributed by atoms with Gasteiger partial charge in [-0.15, -0.1) is 0 Å². The van der Waals surface area contributed by atoms with E-state index in [1.807, 2.05) is 0 Å². The molecule has 5 heteroatoms. The molecular weight excluding hydrogens is 288 g/mol. The van der Waals surface area contributed by atoms with Crippen molar-refractivity contribution in [3.63, 3.8) is 0 Å². The summed E-state index contributed by atoms with van der Waals surface area (Å²) in [5.41, 5.74) is 5.68. The van der Waals surface area contributed by atoms with E-state index in [2.05, 4.69) is 0 Å². The highest BCUT2D eigenvalue weighted by Crippen LogP contribution is 2.63. The smallest absolute Gasteiger partial charge is 0.117 e. The SMILES string of the molecule is NC(c1cc(O)cc(Cl)c1Cl)C12CCC(F)(CC1)C2. The first-order valence-electron chi connectivity index (χ1n) is 6.48. The first-order chi connectivity index (χ1) is 8.85. The molecular formula is C14H16Cl2FNO. The van der Waals surface area contributed by atoms with Crippen molar-refractivity contribution in [2.75, 3.05) is 0 Å². The zero-order chi connectivity index (χ0) is 13.8. The van der Waals surface area contributed by atoms with E-state index >= 15 is 0 Å². The van der Waals surface area contributed by atoms with Crippen LogP contribution in [0.15, 0.2) is 12.1 Å². The number of aromatic hydroxyl groups is 1. The summed E-state index contributed by atoms with van der Waals surface area (Å²) < 4.78 is 14.3. The summed E-state index contributed by atoms with van der Waals surface area (Å²) in [6.45, 7) is 0. The Morgan fingerprint density at radius 1 is 1.21 bits per heavy atom. The van der Waals surface area contributed by atoms with E-state index in [0.717, 1.165) is 12.8 Å². The largest absolute Gasteiger partial charge is 0.508 e. The highest BCUT2D eigenvalue weighted by Gasteiger charge is 2.57. The molecule has 0 spiro atoms. The van der Waals surface area contributed by atoms with Gasteiger partial charge in [-0.3, -0.25) is 0 Å². The molecule has 2 aliphatic carbocycles. The molecule has 2 aliphatic rings. The van der Waals surface area contributed by atoms with Crippen LogP contribution in [0.5, 0.6) is 5.75 Å². The molecule has 0 saturated heterocycles. The molecule has 0 radical (unpaired) electrons. The Bertz CT molecular complexity index is 526. The molecule has 0 amide bonds. The number of fused-ring (bicyclic) bond motifs is 2. The van der Waals surface area contributed by atoms with Gasteiger partial charge in [0.15, 0.2) is 0 Å². The van der Waals surface area contributed by atoms with Crippen LogP contribution in [0.3, 0.4) is 0 Å². The van der Waals surface area contributed by atoms with Crippen LogP contribution in [0.2, 0.25) is 10.0 Å². The molecule has 2 nitrogen and oxygen atoms in total. The fraction of sp³-hybridized carbons (Fsp3) is 0.571. The lowest BCUT2D eigenvalue weighted by Crippen LogP contribution is -2.31. The van der Waals surface area contributed by atoms with Gasteiger partial charge in [-0.1, -0.05) is 23.2 Å². The normalized spacial score (nSPS) is 34.7. The topological polar surface area (TPSA) is 46.2 Å². The van der Waals surface area contributed by atoms with Crippen molar-refractivity contribution in [1.29, 1.82) is 0 Å². The van der Waals surface area contributed by atoms with Crippen LogP contribution in [0.4, 0.5) is 4.39 Å². The van der Waals surface area contributed by atoms with Gasteiger partial charge in [-0.05, 0) is 49.1 Å². The van der Waals surface area contributed by atoms with Crippen molar-refractivity contribution in [2.24, 2.45) is 11.1 Å². The zero-order valence-electron chi connectivity index (χ0n) is 10.4. The maximum atomic E-state index is 14.3. The number of nitrogens with two attached hydrogens (primary N) is 1. The van der Waals surface area contributed by atoms with Gasteiger partial charge in [0, 0.05) is 12.1 Å². The lowest BCUT2D eigenvalue weighted by Gasteiger charge is -2.33. The van der Waals surface area contributed by atoms with E-state index in [1.54, 1.807) is 6.07 Å². The van der Waals surface area contributed by atoms with Crippen LogP contribution in [0, 0.1) is 5.41 Å². The number of halogens is 3. The minimum absolute atomic E-state index is 0.0405. The van der Waals surface area contributed by atoms with Crippen molar-refractivity contribution >= 4 is 23.2 Å². The molecule has 1 aromatic rings. The van der Waals surface area contributed by atoms with Crippen molar-refractivity contribution in [3.8, 4) is 5.75 Å². The summed E-state index contributed by atoms with van der Waals surface area (Å²) in [4.78, 5) is 0. The third kappa shape index (κ3) is 2.03. The lowest BCUT2D eigenvalue weighted by molar-refractivity contribution is 0.175. The molecule has 0 aliphatic heterocycles. The van der Waals surface area contributed by atoms with Crippen LogP contribution >= 0.6 is 23.2 Å². The molecule has 104 valence electrons. The Labute approximate surface area is 121 Å². The van der Waals surface area contributed by atoms with Gasteiger partial charge in [0.05, 0.1) is 10.0 Å². The second kappa shape index (κ2) is 4.24. The molecule has 2 saturated carbocycles. The summed E-state index contributed by atoms with van der Waals surface area (Å²) in [7, 11) is 0. The van der Waals surface area contributed by atoms with E-state index in [-0.39, 0.29) is 22.2 Å². The molecule has 1 unspecified atom stereocenters. The van der Waals surface area contributed by atoms with Crippen LogP contribution in [-0.2, 0) is 0 Å². The van der Waals surface area contributed by atoms with Crippen LogP contribution in [-0.4, -0.2) is 10.8 Å². The van der Waals surface area contributed by atoms with Crippen molar-refractivity contribution in [1.82, 2.24) is 0 Å². The first-order valence-corrected chi connectivity index (χ1v) is 7.23. The number of phenolic OH excluding ortho intramolecular Hbond substituents is 1. The quantitative estimate of drug-likeness (QED) is 0.852. The Morgan fingerprint density at radius 3 is 2.37 bits per heavy atom. The summed E-state index contributed by atoms with van der Waals surface area (Å²) in [6, 6.07) is 2.55.